The zero-order valence-electron chi connectivity index (χ0n) is 12.2. The smallest absolute Gasteiger partial charge is 0.340 e. The van der Waals surface area contributed by atoms with E-state index in [1.807, 2.05) is 6.07 Å². The van der Waals surface area contributed by atoms with Crippen LogP contribution in [0.4, 0.5) is 0 Å². The Kier molecular flexibility index (Phi) is 4.98. The molecule has 0 aliphatic carbocycles. The van der Waals surface area contributed by atoms with E-state index in [0.717, 1.165) is 0 Å². The van der Waals surface area contributed by atoms with Crippen LogP contribution in [0.1, 0.15) is 11.1 Å². The van der Waals surface area contributed by atoms with Crippen molar-refractivity contribution in [2.45, 2.75) is 11.3 Å². The van der Waals surface area contributed by atoms with E-state index in [4.69, 9.17) is 9.44 Å². The zero-order valence-corrected chi connectivity index (χ0v) is 13.0. The number of carbonyl (C=O) groups excluding carboxylic acids is 1. The molecule has 0 amide bonds. The van der Waals surface area contributed by atoms with E-state index in [0.29, 0.717) is 5.56 Å². The molecule has 2 aromatic rings. The van der Waals surface area contributed by atoms with Crippen molar-refractivity contribution in [3.63, 3.8) is 0 Å². The van der Waals surface area contributed by atoms with Crippen molar-refractivity contribution in [3.05, 3.63) is 59.7 Å². The minimum atomic E-state index is -4.11. The standard InChI is InChI=1S/C16H13NO5S/c1-21-16(18)10-12-6-8-14(9-7-12)22-23(19,20)15-5-3-2-4-13(15)11-17/h2-9H,10H2,1H3. The van der Waals surface area contributed by atoms with Gasteiger partial charge in [-0.1, -0.05) is 24.3 Å². The summed E-state index contributed by atoms with van der Waals surface area (Å²) in [6, 6.07) is 13.6. The summed E-state index contributed by atoms with van der Waals surface area (Å²) in [5.41, 5.74) is 0.675. The van der Waals surface area contributed by atoms with Crippen molar-refractivity contribution in [1.82, 2.24) is 0 Å². The molecule has 0 saturated heterocycles. The first-order valence-corrected chi connectivity index (χ1v) is 7.96. The van der Waals surface area contributed by atoms with Crippen LogP contribution in [0.5, 0.6) is 5.75 Å². The summed E-state index contributed by atoms with van der Waals surface area (Å²) in [5.74, 6) is -0.305. The fourth-order valence-electron chi connectivity index (χ4n) is 1.85. The molecule has 0 fully saturated rings. The van der Waals surface area contributed by atoms with Crippen molar-refractivity contribution >= 4 is 16.1 Å². The summed E-state index contributed by atoms with van der Waals surface area (Å²) < 4.78 is 34.1. The highest BCUT2D eigenvalue weighted by Gasteiger charge is 2.20. The molecule has 118 valence electrons. The van der Waals surface area contributed by atoms with Gasteiger partial charge in [0.05, 0.1) is 19.1 Å². The Balaban J connectivity index is 2.21. The predicted octanol–water partition coefficient (Wildman–Crippen LogP) is 2.04. The molecule has 2 aromatic carbocycles. The highest BCUT2D eigenvalue weighted by atomic mass is 32.2. The molecular weight excluding hydrogens is 318 g/mol. The SMILES string of the molecule is COC(=O)Cc1ccc(OS(=O)(=O)c2ccccc2C#N)cc1. The molecule has 0 heterocycles. The van der Waals surface area contributed by atoms with Gasteiger partial charge in [0.2, 0.25) is 0 Å². The molecule has 6 nitrogen and oxygen atoms in total. The molecule has 23 heavy (non-hydrogen) atoms. The normalized spacial score (nSPS) is 10.6. The van der Waals surface area contributed by atoms with Gasteiger partial charge < -0.3 is 8.92 Å². The second-order valence-corrected chi connectivity index (χ2v) is 6.06. The van der Waals surface area contributed by atoms with E-state index in [-0.39, 0.29) is 22.6 Å². The lowest BCUT2D eigenvalue weighted by molar-refractivity contribution is -0.139. The van der Waals surface area contributed by atoms with E-state index in [2.05, 4.69) is 4.74 Å². The quantitative estimate of drug-likeness (QED) is 0.615. The first-order chi connectivity index (χ1) is 11.0. The Bertz CT molecular complexity index is 851. The van der Waals surface area contributed by atoms with Crippen LogP contribution >= 0.6 is 0 Å². The highest BCUT2D eigenvalue weighted by Crippen LogP contribution is 2.21. The molecule has 0 bridgehead atoms. The summed E-state index contributed by atoms with van der Waals surface area (Å²) in [7, 11) is -2.82. The Labute approximate surface area is 134 Å². The van der Waals surface area contributed by atoms with Gasteiger partial charge in [-0.05, 0) is 29.8 Å². The summed E-state index contributed by atoms with van der Waals surface area (Å²) in [6.07, 6.45) is 0.0841. The first-order valence-electron chi connectivity index (χ1n) is 6.55. The van der Waals surface area contributed by atoms with Gasteiger partial charge in [-0.15, -0.1) is 0 Å². The summed E-state index contributed by atoms with van der Waals surface area (Å²) in [4.78, 5) is 11.0. The summed E-state index contributed by atoms with van der Waals surface area (Å²) >= 11 is 0. The van der Waals surface area contributed by atoms with Gasteiger partial charge in [-0.25, -0.2) is 0 Å². The first kappa shape index (κ1) is 16.5. The maximum absolute atomic E-state index is 12.2. The number of carbonyl (C=O) groups is 1. The number of esters is 1. The zero-order chi connectivity index (χ0) is 16.9. The van der Waals surface area contributed by atoms with Crippen LogP contribution in [-0.4, -0.2) is 21.5 Å². The van der Waals surface area contributed by atoms with Crippen LogP contribution in [0.2, 0.25) is 0 Å². The van der Waals surface area contributed by atoms with E-state index < -0.39 is 16.1 Å². The monoisotopic (exact) mass is 331 g/mol. The van der Waals surface area contributed by atoms with Crippen molar-refractivity contribution < 1.29 is 22.1 Å². The van der Waals surface area contributed by atoms with E-state index in [1.54, 1.807) is 18.2 Å². The third-order valence-electron chi connectivity index (χ3n) is 2.98. The van der Waals surface area contributed by atoms with Crippen molar-refractivity contribution in [3.8, 4) is 11.8 Å². The van der Waals surface area contributed by atoms with Gasteiger partial charge in [0.15, 0.2) is 0 Å². The van der Waals surface area contributed by atoms with Crippen LogP contribution in [0.25, 0.3) is 0 Å². The molecule has 0 aliphatic rings. The third-order valence-corrected chi connectivity index (χ3v) is 4.29. The number of hydrogen-bond acceptors (Lipinski definition) is 6. The van der Waals surface area contributed by atoms with Crippen molar-refractivity contribution in [2.75, 3.05) is 7.11 Å². The van der Waals surface area contributed by atoms with Crippen LogP contribution in [0.15, 0.2) is 53.4 Å². The van der Waals surface area contributed by atoms with Gasteiger partial charge in [0.1, 0.15) is 16.7 Å². The molecule has 2 rings (SSSR count). The largest absolute Gasteiger partial charge is 0.469 e. The molecule has 0 radical (unpaired) electrons. The van der Waals surface area contributed by atoms with Gasteiger partial charge in [0, 0.05) is 0 Å². The molecule has 0 atom stereocenters. The topological polar surface area (TPSA) is 93.5 Å². The highest BCUT2D eigenvalue weighted by molar-refractivity contribution is 7.87. The number of benzene rings is 2. The van der Waals surface area contributed by atoms with Crippen LogP contribution < -0.4 is 4.18 Å². The maximum Gasteiger partial charge on any atom is 0.340 e. The Morgan fingerprint density at radius 1 is 1.13 bits per heavy atom. The van der Waals surface area contributed by atoms with Crippen molar-refractivity contribution in [2.24, 2.45) is 0 Å². The number of nitriles is 1. The average molecular weight is 331 g/mol. The molecule has 7 heteroatoms. The molecular formula is C16H13NO5S. The number of nitrogens with zero attached hydrogens (tertiary/aromatic N) is 1. The summed E-state index contributed by atoms with van der Waals surface area (Å²) in [5, 5.41) is 8.98. The Hall–Kier alpha value is -2.85. The van der Waals surface area contributed by atoms with Gasteiger partial charge in [-0.2, -0.15) is 13.7 Å². The molecule has 0 saturated carbocycles. The van der Waals surface area contributed by atoms with E-state index in [1.165, 1.54) is 37.4 Å². The van der Waals surface area contributed by atoms with Crippen molar-refractivity contribution in [1.29, 1.82) is 5.26 Å². The predicted molar refractivity (Wildman–Crippen MR) is 81.1 cm³/mol. The fourth-order valence-corrected chi connectivity index (χ4v) is 2.93. The van der Waals surface area contributed by atoms with Crippen LogP contribution in [0.3, 0.4) is 0 Å². The van der Waals surface area contributed by atoms with Crippen LogP contribution in [-0.2, 0) is 26.1 Å². The number of methoxy groups -OCH3 is 1. The lowest BCUT2D eigenvalue weighted by atomic mass is 10.1. The lowest BCUT2D eigenvalue weighted by Gasteiger charge is -2.08. The molecule has 0 spiro atoms. The number of hydrogen-bond donors (Lipinski definition) is 0. The van der Waals surface area contributed by atoms with E-state index >= 15 is 0 Å². The molecule has 0 N–H and O–H groups in total. The van der Waals surface area contributed by atoms with E-state index in [9.17, 15) is 13.2 Å². The lowest BCUT2D eigenvalue weighted by Crippen LogP contribution is -2.11. The second kappa shape index (κ2) is 6.94. The minimum absolute atomic E-state index is 0.00908. The van der Waals surface area contributed by atoms with Gasteiger partial charge in [0.25, 0.3) is 0 Å². The van der Waals surface area contributed by atoms with Gasteiger partial charge >= 0.3 is 16.1 Å². The molecule has 0 aliphatic heterocycles. The fraction of sp³-hybridized carbons (Fsp3) is 0.125. The summed E-state index contributed by atoms with van der Waals surface area (Å²) in [6.45, 7) is 0. The second-order valence-electron chi connectivity index (χ2n) is 4.54. The Morgan fingerprint density at radius 2 is 1.78 bits per heavy atom. The molecule has 0 aromatic heterocycles. The minimum Gasteiger partial charge on any atom is -0.469 e. The average Bonchev–Trinajstić information content (AvgIpc) is 2.56. The Morgan fingerprint density at radius 3 is 2.39 bits per heavy atom. The maximum atomic E-state index is 12.2. The van der Waals surface area contributed by atoms with Crippen LogP contribution in [0, 0.1) is 11.3 Å². The molecule has 0 unspecified atom stereocenters. The van der Waals surface area contributed by atoms with Gasteiger partial charge in [-0.3, -0.25) is 4.79 Å². The third kappa shape index (κ3) is 4.08. The number of rotatable bonds is 5. The number of ether oxygens (including phenoxy) is 1.